The summed E-state index contributed by atoms with van der Waals surface area (Å²) in [6.07, 6.45) is 1.92. The van der Waals surface area contributed by atoms with E-state index < -0.39 is 0 Å². The van der Waals surface area contributed by atoms with Crippen LogP contribution in [0.4, 0.5) is 5.82 Å². The van der Waals surface area contributed by atoms with Crippen molar-refractivity contribution in [3.8, 4) is 0 Å². The van der Waals surface area contributed by atoms with Crippen LogP contribution in [0, 0.1) is 4.77 Å². The molecule has 0 aliphatic rings. The highest BCUT2D eigenvalue weighted by molar-refractivity contribution is 9.10. The van der Waals surface area contributed by atoms with Crippen LogP contribution in [0.1, 0.15) is 0 Å². The number of anilines is 1. The van der Waals surface area contributed by atoms with E-state index >= 15 is 0 Å². The van der Waals surface area contributed by atoms with Gasteiger partial charge in [0.1, 0.15) is 10.8 Å². The maximum absolute atomic E-state index is 5.57. The van der Waals surface area contributed by atoms with Gasteiger partial charge in [-0.1, -0.05) is 0 Å². The Morgan fingerprint density at radius 3 is 2.91 bits per heavy atom. The number of aromatic nitrogens is 2. The highest BCUT2D eigenvalue weighted by Gasteiger charge is 2.03. The van der Waals surface area contributed by atoms with Crippen molar-refractivity contribution in [1.82, 2.24) is 9.97 Å². The largest absolute Gasteiger partial charge is 0.384 e. The molecular formula is C5H6BrN3S2. The van der Waals surface area contributed by atoms with E-state index in [1.165, 1.54) is 11.8 Å². The standard InChI is InChI=1S/C5H6BrN3S2/c1-11-4-2(6)3(7)8-5(10)9-4/h1H3,(H3,7,8,9,10). The molecule has 0 aliphatic heterocycles. The van der Waals surface area contributed by atoms with Crippen LogP contribution in [-0.2, 0) is 0 Å². The number of nitrogens with zero attached hydrogens (tertiary/aromatic N) is 1. The Labute approximate surface area is 81.9 Å². The highest BCUT2D eigenvalue weighted by atomic mass is 79.9. The normalized spacial score (nSPS) is 10.0. The summed E-state index contributed by atoms with van der Waals surface area (Å²) in [6.45, 7) is 0. The number of rotatable bonds is 1. The first kappa shape index (κ1) is 9.02. The smallest absolute Gasteiger partial charge is 0.199 e. The molecule has 0 aromatic carbocycles. The number of halogens is 1. The van der Waals surface area contributed by atoms with Gasteiger partial charge in [-0.25, -0.2) is 4.98 Å². The van der Waals surface area contributed by atoms with Crippen LogP contribution in [-0.4, -0.2) is 16.2 Å². The average molecular weight is 252 g/mol. The van der Waals surface area contributed by atoms with E-state index in [2.05, 4.69) is 25.9 Å². The van der Waals surface area contributed by atoms with Gasteiger partial charge in [0.05, 0.1) is 4.47 Å². The van der Waals surface area contributed by atoms with Gasteiger partial charge in [-0.05, 0) is 34.4 Å². The molecule has 1 aromatic heterocycles. The van der Waals surface area contributed by atoms with Gasteiger partial charge < -0.3 is 10.7 Å². The minimum atomic E-state index is 0.412. The molecule has 6 heteroatoms. The van der Waals surface area contributed by atoms with E-state index in [1.807, 2.05) is 6.26 Å². The predicted octanol–water partition coefficient (Wildman–Crippen LogP) is 2.21. The lowest BCUT2D eigenvalue weighted by Gasteiger charge is -2.01. The Morgan fingerprint density at radius 1 is 1.73 bits per heavy atom. The summed E-state index contributed by atoms with van der Waals surface area (Å²) >= 11 is 9.62. The fourth-order valence-corrected chi connectivity index (χ4v) is 1.99. The molecule has 0 unspecified atom stereocenters. The van der Waals surface area contributed by atoms with Crippen molar-refractivity contribution in [1.29, 1.82) is 0 Å². The lowest BCUT2D eigenvalue weighted by molar-refractivity contribution is 1.01. The molecule has 0 spiro atoms. The minimum Gasteiger partial charge on any atom is -0.384 e. The summed E-state index contributed by atoms with van der Waals surface area (Å²) in [4.78, 5) is 6.78. The number of thioether (sulfide) groups is 1. The lowest BCUT2D eigenvalue weighted by atomic mass is 10.6. The summed E-state index contributed by atoms with van der Waals surface area (Å²) in [6, 6.07) is 0. The summed E-state index contributed by atoms with van der Waals surface area (Å²) in [5, 5.41) is 0.811. The quantitative estimate of drug-likeness (QED) is 0.457. The molecular weight excluding hydrogens is 246 g/mol. The van der Waals surface area contributed by atoms with E-state index in [4.69, 9.17) is 18.0 Å². The first-order chi connectivity index (χ1) is 5.15. The molecule has 0 atom stereocenters. The molecule has 0 bridgehead atoms. The van der Waals surface area contributed by atoms with Gasteiger partial charge in [0.15, 0.2) is 4.77 Å². The molecule has 0 radical (unpaired) electrons. The van der Waals surface area contributed by atoms with Crippen LogP contribution in [0.25, 0.3) is 0 Å². The van der Waals surface area contributed by atoms with Gasteiger partial charge in [-0.15, -0.1) is 11.8 Å². The number of nitrogens with one attached hydrogen (secondary N) is 1. The number of aromatic amines is 1. The molecule has 11 heavy (non-hydrogen) atoms. The van der Waals surface area contributed by atoms with Crippen LogP contribution in [0.5, 0.6) is 0 Å². The van der Waals surface area contributed by atoms with Gasteiger partial charge in [0.25, 0.3) is 0 Å². The van der Waals surface area contributed by atoms with Gasteiger partial charge in [-0.3, -0.25) is 0 Å². The number of hydrogen-bond donors (Lipinski definition) is 2. The number of nitrogen functional groups attached to an aromatic ring is 1. The highest BCUT2D eigenvalue weighted by Crippen LogP contribution is 2.26. The Bertz CT molecular complexity index is 322. The van der Waals surface area contributed by atoms with Gasteiger partial charge >= 0.3 is 0 Å². The summed E-state index contributed by atoms with van der Waals surface area (Å²) < 4.78 is 1.19. The van der Waals surface area contributed by atoms with Crippen LogP contribution in [0.2, 0.25) is 0 Å². The Balaban J connectivity index is 3.36. The molecule has 1 heterocycles. The molecule has 0 saturated heterocycles. The molecule has 60 valence electrons. The fourth-order valence-electron chi connectivity index (χ4n) is 0.590. The van der Waals surface area contributed by atoms with Crippen molar-refractivity contribution in [3.63, 3.8) is 0 Å². The second kappa shape index (κ2) is 3.55. The summed E-state index contributed by atoms with van der Waals surface area (Å²) in [7, 11) is 0. The van der Waals surface area contributed by atoms with E-state index in [-0.39, 0.29) is 0 Å². The molecule has 1 aromatic rings. The maximum Gasteiger partial charge on any atom is 0.199 e. The zero-order valence-corrected chi connectivity index (χ0v) is 8.94. The third-order valence-electron chi connectivity index (χ3n) is 1.06. The second-order valence-corrected chi connectivity index (χ2v) is 3.75. The summed E-state index contributed by atoms with van der Waals surface area (Å²) in [5.74, 6) is 0.523. The third-order valence-corrected chi connectivity index (χ3v) is 3.00. The minimum absolute atomic E-state index is 0.412. The first-order valence-electron chi connectivity index (χ1n) is 2.74. The monoisotopic (exact) mass is 251 g/mol. The molecule has 3 nitrogen and oxygen atoms in total. The van der Waals surface area contributed by atoms with Crippen molar-refractivity contribution < 1.29 is 0 Å². The average Bonchev–Trinajstić information content (AvgIpc) is 1.96. The second-order valence-electron chi connectivity index (χ2n) is 1.78. The van der Waals surface area contributed by atoms with Crippen molar-refractivity contribution in [2.75, 3.05) is 12.0 Å². The Morgan fingerprint density at radius 2 is 2.36 bits per heavy atom. The van der Waals surface area contributed by atoms with E-state index in [0.29, 0.717) is 10.6 Å². The van der Waals surface area contributed by atoms with E-state index in [0.717, 1.165) is 9.50 Å². The number of H-pyrrole nitrogens is 1. The Kier molecular flexibility index (Phi) is 2.91. The molecule has 0 fully saturated rings. The maximum atomic E-state index is 5.57. The Hall–Kier alpha value is -0.0700. The SMILES string of the molecule is CSc1nc(=S)[nH]c(N)c1Br. The predicted molar refractivity (Wildman–Crippen MR) is 53.3 cm³/mol. The van der Waals surface area contributed by atoms with Crippen LogP contribution in [0.3, 0.4) is 0 Å². The zero-order valence-electron chi connectivity index (χ0n) is 5.72. The van der Waals surface area contributed by atoms with Crippen molar-refractivity contribution in [2.45, 2.75) is 5.03 Å². The topological polar surface area (TPSA) is 54.7 Å². The lowest BCUT2D eigenvalue weighted by Crippen LogP contribution is -1.95. The molecule has 0 amide bonds. The van der Waals surface area contributed by atoms with E-state index in [1.54, 1.807) is 0 Å². The van der Waals surface area contributed by atoms with Gasteiger partial charge in [-0.2, -0.15) is 0 Å². The first-order valence-corrected chi connectivity index (χ1v) is 5.17. The summed E-state index contributed by atoms with van der Waals surface area (Å²) in [5.41, 5.74) is 5.57. The molecule has 1 rings (SSSR count). The van der Waals surface area contributed by atoms with E-state index in [9.17, 15) is 0 Å². The van der Waals surface area contributed by atoms with Crippen molar-refractivity contribution in [2.24, 2.45) is 0 Å². The fraction of sp³-hybridized carbons (Fsp3) is 0.200. The molecule has 3 N–H and O–H groups in total. The number of hydrogen-bond acceptors (Lipinski definition) is 4. The van der Waals surface area contributed by atoms with Gasteiger partial charge in [0, 0.05) is 0 Å². The molecule has 0 saturated carbocycles. The zero-order chi connectivity index (χ0) is 8.43. The van der Waals surface area contributed by atoms with Crippen LogP contribution in [0.15, 0.2) is 9.50 Å². The molecule has 0 aliphatic carbocycles. The third kappa shape index (κ3) is 1.94. The van der Waals surface area contributed by atoms with Crippen molar-refractivity contribution in [3.05, 3.63) is 9.24 Å². The van der Waals surface area contributed by atoms with Crippen LogP contribution >= 0.6 is 39.9 Å². The van der Waals surface area contributed by atoms with Crippen LogP contribution < -0.4 is 5.73 Å². The number of nitrogens with two attached hydrogens (primary N) is 1. The van der Waals surface area contributed by atoms with Crippen molar-refractivity contribution >= 4 is 45.7 Å². The van der Waals surface area contributed by atoms with Gasteiger partial charge in [0.2, 0.25) is 0 Å².